The van der Waals surface area contributed by atoms with Crippen molar-refractivity contribution in [1.82, 2.24) is 5.32 Å². The number of ether oxygens (including phenoxy) is 1. The summed E-state index contributed by atoms with van der Waals surface area (Å²) in [5, 5.41) is 2.99. The lowest BCUT2D eigenvalue weighted by Gasteiger charge is -2.31. The molecule has 0 saturated carbocycles. The zero-order valence-corrected chi connectivity index (χ0v) is 14.1. The van der Waals surface area contributed by atoms with Crippen molar-refractivity contribution < 1.29 is 9.53 Å². The normalized spacial score (nSPS) is 13.3. The average molecular weight is 324 g/mol. The summed E-state index contributed by atoms with van der Waals surface area (Å²) in [4.78, 5) is 14.6. The highest BCUT2D eigenvalue weighted by Crippen LogP contribution is 2.26. The largest absolute Gasteiger partial charge is 0.497 e. The standard InChI is InChI=1S/C20H24N2O2/c1-24-18-11-9-17(10-12-18)20(23)21-13-5-15-22-14-4-7-16-6-2-3-8-19(16)22/h2-3,6,8-12H,4-5,7,13-15H2,1H3,(H,21,23). The monoisotopic (exact) mass is 324 g/mol. The molecule has 126 valence electrons. The van der Waals surface area contributed by atoms with Gasteiger partial charge in [0.15, 0.2) is 0 Å². The molecule has 1 heterocycles. The third-order valence-corrected chi connectivity index (χ3v) is 4.45. The van der Waals surface area contributed by atoms with Crippen molar-refractivity contribution in [2.45, 2.75) is 19.3 Å². The van der Waals surface area contributed by atoms with E-state index in [2.05, 4.69) is 34.5 Å². The Kier molecular flexibility index (Phi) is 5.36. The fourth-order valence-corrected chi connectivity index (χ4v) is 3.16. The lowest BCUT2D eigenvalue weighted by Crippen LogP contribution is -2.33. The molecule has 2 aromatic carbocycles. The number of anilines is 1. The molecule has 0 fully saturated rings. The molecular weight excluding hydrogens is 300 g/mol. The first-order valence-corrected chi connectivity index (χ1v) is 8.53. The molecule has 0 unspecified atom stereocenters. The minimum atomic E-state index is -0.0308. The lowest BCUT2D eigenvalue weighted by atomic mass is 10.0. The highest BCUT2D eigenvalue weighted by atomic mass is 16.5. The Balaban J connectivity index is 1.46. The van der Waals surface area contributed by atoms with Crippen molar-refractivity contribution in [3.63, 3.8) is 0 Å². The lowest BCUT2D eigenvalue weighted by molar-refractivity contribution is 0.0953. The minimum Gasteiger partial charge on any atom is -0.497 e. The maximum absolute atomic E-state index is 12.1. The molecule has 1 amide bonds. The molecule has 0 radical (unpaired) electrons. The van der Waals surface area contributed by atoms with Crippen molar-refractivity contribution >= 4 is 11.6 Å². The number of methoxy groups -OCH3 is 1. The van der Waals surface area contributed by atoms with Crippen molar-refractivity contribution in [1.29, 1.82) is 0 Å². The first kappa shape index (κ1) is 16.4. The maximum Gasteiger partial charge on any atom is 0.251 e. The van der Waals surface area contributed by atoms with Gasteiger partial charge in [0.05, 0.1) is 7.11 Å². The topological polar surface area (TPSA) is 41.6 Å². The van der Waals surface area contributed by atoms with Crippen molar-refractivity contribution in [3.8, 4) is 5.75 Å². The highest BCUT2D eigenvalue weighted by molar-refractivity contribution is 5.94. The van der Waals surface area contributed by atoms with Crippen LogP contribution in [0.2, 0.25) is 0 Å². The number of nitrogens with zero attached hydrogens (tertiary/aromatic N) is 1. The van der Waals surface area contributed by atoms with Crippen LogP contribution < -0.4 is 15.0 Å². The van der Waals surface area contributed by atoms with Gasteiger partial charge in [-0.3, -0.25) is 4.79 Å². The number of carbonyl (C=O) groups excluding carboxylic acids is 1. The van der Waals surface area contributed by atoms with Gasteiger partial charge in [-0.1, -0.05) is 18.2 Å². The Morgan fingerprint density at radius 1 is 1.17 bits per heavy atom. The van der Waals surface area contributed by atoms with Gasteiger partial charge < -0.3 is 15.0 Å². The summed E-state index contributed by atoms with van der Waals surface area (Å²) in [6, 6.07) is 15.8. The Hall–Kier alpha value is -2.49. The molecule has 0 bridgehead atoms. The van der Waals surface area contributed by atoms with Crippen LogP contribution in [0.4, 0.5) is 5.69 Å². The quantitative estimate of drug-likeness (QED) is 0.829. The molecule has 2 aromatic rings. The third-order valence-electron chi connectivity index (χ3n) is 4.45. The maximum atomic E-state index is 12.1. The second-order valence-electron chi connectivity index (χ2n) is 6.06. The van der Waals surface area contributed by atoms with Crippen LogP contribution in [0, 0.1) is 0 Å². The van der Waals surface area contributed by atoms with E-state index in [4.69, 9.17) is 4.74 Å². The van der Waals surface area contributed by atoms with Crippen LogP contribution in [0.25, 0.3) is 0 Å². The molecule has 24 heavy (non-hydrogen) atoms. The molecule has 4 nitrogen and oxygen atoms in total. The Morgan fingerprint density at radius 2 is 1.96 bits per heavy atom. The number of hydrogen-bond acceptors (Lipinski definition) is 3. The molecule has 1 aliphatic rings. The summed E-state index contributed by atoms with van der Waals surface area (Å²) in [6.45, 7) is 2.76. The van der Waals surface area contributed by atoms with E-state index in [1.807, 2.05) is 0 Å². The van der Waals surface area contributed by atoms with Gasteiger partial charge in [0.25, 0.3) is 5.91 Å². The second-order valence-corrected chi connectivity index (χ2v) is 6.06. The van der Waals surface area contributed by atoms with Crippen LogP contribution in [0.1, 0.15) is 28.8 Å². The number of hydrogen-bond donors (Lipinski definition) is 1. The van der Waals surface area contributed by atoms with Gasteiger partial charge in [-0.2, -0.15) is 0 Å². The molecule has 3 rings (SSSR count). The van der Waals surface area contributed by atoms with E-state index in [0.29, 0.717) is 12.1 Å². The Bertz CT molecular complexity index is 682. The number of nitrogens with one attached hydrogen (secondary N) is 1. The first-order valence-electron chi connectivity index (χ1n) is 8.53. The molecule has 1 aliphatic heterocycles. The SMILES string of the molecule is COc1ccc(C(=O)NCCCN2CCCc3ccccc32)cc1. The summed E-state index contributed by atoms with van der Waals surface area (Å²) in [5.74, 6) is 0.729. The molecule has 0 atom stereocenters. The molecule has 1 N–H and O–H groups in total. The van der Waals surface area contributed by atoms with Crippen molar-refractivity contribution in [2.75, 3.05) is 31.6 Å². The van der Waals surface area contributed by atoms with Crippen molar-refractivity contribution in [3.05, 3.63) is 59.7 Å². The smallest absolute Gasteiger partial charge is 0.251 e. The molecule has 0 saturated heterocycles. The van der Waals surface area contributed by atoms with Gasteiger partial charge in [-0.25, -0.2) is 0 Å². The van der Waals surface area contributed by atoms with Crippen LogP contribution >= 0.6 is 0 Å². The van der Waals surface area contributed by atoms with Gasteiger partial charge in [0.2, 0.25) is 0 Å². The molecule has 4 heteroatoms. The van der Waals surface area contributed by atoms with E-state index in [1.54, 1.807) is 31.4 Å². The van der Waals surface area contributed by atoms with Gasteiger partial charge in [-0.15, -0.1) is 0 Å². The average Bonchev–Trinajstić information content (AvgIpc) is 2.65. The van der Waals surface area contributed by atoms with E-state index in [9.17, 15) is 4.79 Å². The second kappa shape index (κ2) is 7.86. The summed E-state index contributed by atoms with van der Waals surface area (Å²) in [7, 11) is 1.62. The Morgan fingerprint density at radius 3 is 2.75 bits per heavy atom. The minimum absolute atomic E-state index is 0.0308. The molecule has 0 spiro atoms. The van der Waals surface area contributed by atoms with E-state index in [-0.39, 0.29) is 5.91 Å². The number of para-hydroxylation sites is 1. The summed E-state index contributed by atoms with van der Waals surface area (Å²) >= 11 is 0. The predicted molar refractivity (Wildman–Crippen MR) is 96.9 cm³/mol. The Labute approximate surface area is 143 Å². The third kappa shape index (κ3) is 3.88. The number of benzene rings is 2. The zero-order valence-electron chi connectivity index (χ0n) is 14.1. The number of amides is 1. The summed E-state index contributed by atoms with van der Waals surface area (Å²) in [5.41, 5.74) is 3.45. The van der Waals surface area contributed by atoms with E-state index in [1.165, 1.54) is 24.1 Å². The van der Waals surface area contributed by atoms with Crippen LogP contribution in [0.3, 0.4) is 0 Å². The number of fused-ring (bicyclic) bond motifs is 1. The summed E-state index contributed by atoms with van der Waals surface area (Å²) < 4.78 is 5.11. The van der Waals surface area contributed by atoms with E-state index >= 15 is 0 Å². The van der Waals surface area contributed by atoms with Gasteiger partial charge in [0.1, 0.15) is 5.75 Å². The molecule has 0 aliphatic carbocycles. The van der Waals surface area contributed by atoms with Crippen molar-refractivity contribution in [2.24, 2.45) is 0 Å². The van der Waals surface area contributed by atoms with Gasteiger partial charge in [0, 0.05) is 30.9 Å². The van der Waals surface area contributed by atoms with E-state index in [0.717, 1.165) is 25.3 Å². The number of aryl methyl sites for hydroxylation is 1. The fraction of sp³-hybridized carbons (Fsp3) is 0.350. The zero-order chi connectivity index (χ0) is 16.8. The molecular formula is C20H24N2O2. The van der Waals surface area contributed by atoms with Crippen LogP contribution in [-0.2, 0) is 6.42 Å². The van der Waals surface area contributed by atoms with E-state index < -0.39 is 0 Å². The highest BCUT2D eigenvalue weighted by Gasteiger charge is 2.15. The summed E-state index contributed by atoms with van der Waals surface area (Å²) in [6.07, 6.45) is 3.31. The number of carbonyl (C=O) groups is 1. The number of rotatable bonds is 6. The van der Waals surface area contributed by atoms with Crippen LogP contribution in [-0.4, -0.2) is 32.7 Å². The van der Waals surface area contributed by atoms with Crippen LogP contribution in [0.15, 0.2) is 48.5 Å². The molecule has 0 aromatic heterocycles. The van der Waals surface area contributed by atoms with Gasteiger partial charge >= 0.3 is 0 Å². The fourth-order valence-electron chi connectivity index (χ4n) is 3.16. The van der Waals surface area contributed by atoms with Gasteiger partial charge in [-0.05, 0) is 55.2 Å². The first-order chi connectivity index (χ1) is 11.8. The van der Waals surface area contributed by atoms with Crippen LogP contribution in [0.5, 0.6) is 5.75 Å². The predicted octanol–water partition coefficient (Wildman–Crippen LogP) is 3.27.